The zero-order valence-electron chi connectivity index (χ0n) is 16.2. The summed E-state index contributed by atoms with van der Waals surface area (Å²) in [5.74, 6) is 1.04. The van der Waals surface area contributed by atoms with Gasteiger partial charge in [0.05, 0.1) is 24.6 Å². The van der Waals surface area contributed by atoms with E-state index in [4.69, 9.17) is 4.74 Å². The molecule has 6 nitrogen and oxygen atoms in total. The molecular formula is C22H22N4O2S. The number of amides is 1. The number of para-hydroxylation sites is 2. The highest BCUT2D eigenvalue weighted by molar-refractivity contribution is 7.15. The number of ether oxygens (including phenoxy) is 1. The Hall–Kier alpha value is -3.06. The first kappa shape index (κ1) is 18.0. The van der Waals surface area contributed by atoms with Crippen LogP contribution in [0.15, 0.2) is 53.9 Å². The van der Waals surface area contributed by atoms with Crippen LogP contribution in [0.25, 0.3) is 16.0 Å². The predicted octanol–water partition coefficient (Wildman–Crippen LogP) is 3.45. The number of thiazole rings is 1. The molecule has 29 heavy (non-hydrogen) atoms. The molecule has 0 radical (unpaired) electrons. The highest BCUT2D eigenvalue weighted by Gasteiger charge is 2.23. The van der Waals surface area contributed by atoms with Crippen LogP contribution in [-0.4, -0.2) is 53.5 Å². The van der Waals surface area contributed by atoms with Gasteiger partial charge < -0.3 is 14.5 Å². The van der Waals surface area contributed by atoms with Gasteiger partial charge in [0.2, 0.25) is 5.91 Å². The molecule has 0 spiro atoms. The maximum absolute atomic E-state index is 13.0. The lowest BCUT2D eigenvalue weighted by molar-refractivity contribution is -0.130. The molecule has 2 aromatic heterocycles. The maximum Gasteiger partial charge on any atom is 0.228 e. The van der Waals surface area contributed by atoms with Crippen molar-refractivity contribution in [3.63, 3.8) is 0 Å². The summed E-state index contributed by atoms with van der Waals surface area (Å²) in [4.78, 5) is 22.8. The lowest BCUT2D eigenvalue weighted by Gasteiger charge is -2.36. The number of nitrogens with zero attached hydrogens (tertiary/aromatic N) is 4. The molecule has 5 rings (SSSR count). The average molecular weight is 407 g/mol. The summed E-state index contributed by atoms with van der Waals surface area (Å²) in [5.41, 5.74) is 4.22. The van der Waals surface area contributed by atoms with Crippen LogP contribution in [0.2, 0.25) is 0 Å². The van der Waals surface area contributed by atoms with E-state index in [1.165, 1.54) is 5.69 Å². The maximum atomic E-state index is 13.0. The minimum atomic E-state index is 0.178. The van der Waals surface area contributed by atoms with Gasteiger partial charge in [-0.05, 0) is 36.4 Å². The summed E-state index contributed by atoms with van der Waals surface area (Å²) in [6, 6.07) is 16.2. The van der Waals surface area contributed by atoms with Gasteiger partial charge in [0, 0.05) is 42.9 Å². The van der Waals surface area contributed by atoms with Crippen LogP contribution >= 0.6 is 11.3 Å². The van der Waals surface area contributed by atoms with Crippen LogP contribution in [0.1, 0.15) is 5.69 Å². The average Bonchev–Trinajstić information content (AvgIpc) is 3.33. The Morgan fingerprint density at radius 2 is 1.83 bits per heavy atom. The molecule has 0 bridgehead atoms. The molecule has 7 heteroatoms. The number of methoxy groups -OCH3 is 1. The van der Waals surface area contributed by atoms with Crippen molar-refractivity contribution in [2.24, 2.45) is 0 Å². The Morgan fingerprint density at radius 3 is 2.59 bits per heavy atom. The number of imidazole rings is 1. The quantitative estimate of drug-likeness (QED) is 0.521. The molecule has 2 aromatic carbocycles. The highest BCUT2D eigenvalue weighted by atomic mass is 32.1. The Labute approximate surface area is 172 Å². The molecule has 0 aliphatic carbocycles. The molecule has 148 valence electrons. The number of carbonyl (C=O) groups is 1. The van der Waals surface area contributed by atoms with Crippen molar-refractivity contribution >= 4 is 38.9 Å². The second-order valence-electron chi connectivity index (χ2n) is 7.19. The summed E-state index contributed by atoms with van der Waals surface area (Å²) < 4.78 is 7.35. The summed E-state index contributed by atoms with van der Waals surface area (Å²) >= 11 is 1.59. The number of piperazine rings is 1. The van der Waals surface area contributed by atoms with Gasteiger partial charge >= 0.3 is 0 Å². The van der Waals surface area contributed by atoms with E-state index in [1.807, 2.05) is 35.2 Å². The lowest BCUT2D eigenvalue weighted by Crippen LogP contribution is -2.49. The van der Waals surface area contributed by atoms with Crippen molar-refractivity contribution in [3.8, 4) is 5.75 Å². The van der Waals surface area contributed by atoms with Gasteiger partial charge in [-0.2, -0.15) is 0 Å². The lowest BCUT2D eigenvalue weighted by atomic mass is 10.2. The SMILES string of the molecule is COc1ccc(N2CCN(C(=O)Cc3csc4nc5ccccc5n34)CC2)cc1. The standard InChI is InChI=1S/C22H22N4O2S/c1-28-18-8-6-16(7-9-18)24-10-12-25(13-11-24)21(27)14-17-15-29-22-23-19-4-2-3-5-20(19)26(17)22/h2-9,15H,10-14H2,1H3. The fraction of sp³-hybridized carbons (Fsp3) is 0.273. The molecule has 1 aliphatic rings. The monoisotopic (exact) mass is 406 g/mol. The van der Waals surface area contributed by atoms with E-state index in [2.05, 4.69) is 37.9 Å². The molecule has 1 saturated heterocycles. The molecule has 0 saturated carbocycles. The third-order valence-corrected chi connectivity index (χ3v) is 6.39. The predicted molar refractivity (Wildman–Crippen MR) is 116 cm³/mol. The van der Waals surface area contributed by atoms with Crippen LogP contribution < -0.4 is 9.64 Å². The number of benzene rings is 2. The second-order valence-corrected chi connectivity index (χ2v) is 8.02. The highest BCUT2D eigenvalue weighted by Crippen LogP contribution is 2.25. The van der Waals surface area contributed by atoms with Crippen molar-refractivity contribution in [1.82, 2.24) is 14.3 Å². The summed E-state index contributed by atoms with van der Waals surface area (Å²) in [6.45, 7) is 3.15. The van der Waals surface area contributed by atoms with E-state index in [1.54, 1.807) is 18.4 Å². The van der Waals surface area contributed by atoms with Crippen LogP contribution in [0.4, 0.5) is 5.69 Å². The molecule has 4 aromatic rings. The van der Waals surface area contributed by atoms with Crippen LogP contribution in [0, 0.1) is 0 Å². The summed E-state index contributed by atoms with van der Waals surface area (Å²) in [6.07, 6.45) is 0.406. The molecule has 3 heterocycles. The van der Waals surface area contributed by atoms with Crippen molar-refractivity contribution in [1.29, 1.82) is 0 Å². The molecule has 0 N–H and O–H groups in total. The van der Waals surface area contributed by atoms with Crippen molar-refractivity contribution in [2.75, 3.05) is 38.2 Å². The smallest absolute Gasteiger partial charge is 0.228 e. The Kier molecular flexibility index (Phi) is 4.60. The third kappa shape index (κ3) is 3.31. The van der Waals surface area contributed by atoms with E-state index in [0.29, 0.717) is 6.42 Å². The van der Waals surface area contributed by atoms with Crippen molar-refractivity contribution in [3.05, 3.63) is 59.6 Å². The van der Waals surface area contributed by atoms with Gasteiger partial charge in [-0.25, -0.2) is 4.98 Å². The van der Waals surface area contributed by atoms with Crippen LogP contribution in [-0.2, 0) is 11.2 Å². The first-order valence-electron chi connectivity index (χ1n) is 9.73. The van der Waals surface area contributed by atoms with E-state index in [9.17, 15) is 4.79 Å². The Bertz CT molecular complexity index is 1160. The van der Waals surface area contributed by atoms with Crippen LogP contribution in [0.3, 0.4) is 0 Å². The largest absolute Gasteiger partial charge is 0.497 e. The van der Waals surface area contributed by atoms with E-state index in [0.717, 1.165) is 53.6 Å². The van der Waals surface area contributed by atoms with Gasteiger partial charge in [-0.3, -0.25) is 9.20 Å². The number of hydrogen-bond acceptors (Lipinski definition) is 5. The Morgan fingerprint density at radius 1 is 1.07 bits per heavy atom. The van der Waals surface area contributed by atoms with Gasteiger partial charge in [-0.15, -0.1) is 11.3 Å². The fourth-order valence-electron chi connectivity index (χ4n) is 3.93. The molecular weight excluding hydrogens is 384 g/mol. The van der Waals surface area contributed by atoms with Gasteiger partial charge in [0.15, 0.2) is 4.96 Å². The fourth-order valence-corrected chi connectivity index (χ4v) is 4.83. The van der Waals surface area contributed by atoms with E-state index < -0.39 is 0 Å². The summed E-state index contributed by atoms with van der Waals surface area (Å²) in [7, 11) is 1.67. The number of aromatic nitrogens is 2. The van der Waals surface area contributed by atoms with Gasteiger partial charge in [0.1, 0.15) is 5.75 Å². The Balaban J connectivity index is 1.27. The third-order valence-electron chi connectivity index (χ3n) is 5.52. The number of rotatable bonds is 4. The minimum Gasteiger partial charge on any atom is -0.497 e. The van der Waals surface area contributed by atoms with Gasteiger partial charge in [0.25, 0.3) is 0 Å². The summed E-state index contributed by atoms with van der Waals surface area (Å²) in [5, 5.41) is 2.06. The number of anilines is 1. The topological polar surface area (TPSA) is 50.1 Å². The minimum absolute atomic E-state index is 0.178. The van der Waals surface area contributed by atoms with E-state index in [-0.39, 0.29) is 5.91 Å². The molecule has 1 fully saturated rings. The first-order chi connectivity index (χ1) is 14.2. The van der Waals surface area contributed by atoms with Crippen molar-refractivity contribution in [2.45, 2.75) is 6.42 Å². The van der Waals surface area contributed by atoms with Crippen molar-refractivity contribution < 1.29 is 9.53 Å². The molecule has 0 atom stereocenters. The zero-order valence-corrected chi connectivity index (χ0v) is 17.1. The first-order valence-corrected chi connectivity index (χ1v) is 10.6. The molecule has 1 aliphatic heterocycles. The number of fused-ring (bicyclic) bond motifs is 3. The normalized spacial score (nSPS) is 14.7. The van der Waals surface area contributed by atoms with Gasteiger partial charge in [-0.1, -0.05) is 12.1 Å². The molecule has 0 unspecified atom stereocenters. The van der Waals surface area contributed by atoms with Crippen LogP contribution in [0.5, 0.6) is 5.75 Å². The second kappa shape index (κ2) is 7.40. The van der Waals surface area contributed by atoms with E-state index >= 15 is 0 Å². The molecule has 1 amide bonds. The number of hydrogen-bond donors (Lipinski definition) is 0. The number of carbonyl (C=O) groups excluding carboxylic acids is 1. The zero-order chi connectivity index (χ0) is 19.8.